The third-order valence-electron chi connectivity index (χ3n) is 3.74. The monoisotopic (exact) mass is 202 g/mol. The minimum atomic E-state index is 0.730. The lowest BCUT2D eigenvalue weighted by atomic mass is 9.94. The molecule has 1 fully saturated rings. The number of hydrogen-bond acceptors (Lipinski definition) is 2. The van der Waals surface area contributed by atoms with Crippen LogP contribution in [-0.2, 0) is 6.42 Å². The number of benzene rings is 1. The Bertz CT molecular complexity index is 369. The average Bonchev–Trinajstić information content (AvgIpc) is 2.15. The van der Waals surface area contributed by atoms with Crippen molar-refractivity contribution in [2.45, 2.75) is 25.8 Å². The van der Waals surface area contributed by atoms with Gasteiger partial charge < -0.3 is 5.32 Å². The van der Waals surface area contributed by atoms with Gasteiger partial charge in [0.25, 0.3) is 0 Å². The Balaban J connectivity index is 1.83. The van der Waals surface area contributed by atoms with Crippen molar-refractivity contribution in [3.05, 3.63) is 29.3 Å². The number of likely N-dealkylation sites (tertiary alicyclic amines) is 1. The summed E-state index contributed by atoms with van der Waals surface area (Å²) in [6.07, 6.45) is 2.61. The number of fused-ring (bicyclic) bond motifs is 1. The molecule has 2 heterocycles. The molecule has 1 unspecified atom stereocenters. The molecule has 0 amide bonds. The first kappa shape index (κ1) is 9.22. The van der Waals surface area contributed by atoms with Crippen LogP contribution in [0.5, 0.6) is 0 Å². The van der Waals surface area contributed by atoms with Gasteiger partial charge in [0.2, 0.25) is 0 Å². The van der Waals surface area contributed by atoms with E-state index in [9.17, 15) is 0 Å². The fraction of sp³-hybridized carbons (Fsp3) is 0.538. The van der Waals surface area contributed by atoms with Crippen LogP contribution in [0.1, 0.15) is 17.5 Å². The van der Waals surface area contributed by atoms with Crippen molar-refractivity contribution >= 4 is 5.69 Å². The maximum Gasteiger partial charge on any atom is 0.0403 e. The lowest BCUT2D eigenvalue weighted by Gasteiger charge is -2.41. The Morgan fingerprint density at radius 2 is 2.20 bits per heavy atom. The van der Waals surface area contributed by atoms with Gasteiger partial charge in [0.05, 0.1) is 0 Å². The topological polar surface area (TPSA) is 15.3 Å². The molecule has 0 bridgehead atoms. The van der Waals surface area contributed by atoms with Gasteiger partial charge in [-0.3, -0.25) is 4.90 Å². The first-order chi connectivity index (χ1) is 7.34. The van der Waals surface area contributed by atoms with E-state index in [1.165, 1.54) is 42.7 Å². The average molecular weight is 202 g/mol. The van der Waals surface area contributed by atoms with E-state index in [0.717, 1.165) is 12.6 Å². The number of hydrogen-bond donors (Lipinski definition) is 1. The summed E-state index contributed by atoms with van der Waals surface area (Å²) < 4.78 is 0. The Kier molecular flexibility index (Phi) is 2.17. The van der Waals surface area contributed by atoms with Crippen LogP contribution in [0.3, 0.4) is 0 Å². The number of para-hydroxylation sites is 1. The summed E-state index contributed by atoms with van der Waals surface area (Å²) in [6, 6.07) is 7.36. The molecule has 0 aromatic heterocycles. The molecule has 1 N–H and O–H groups in total. The van der Waals surface area contributed by atoms with Crippen molar-refractivity contribution in [3.8, 4) is 0 Å². The van der Waals surface area contributed by atoms with Crippen molar-refractivity contribution in [3.63, 3.8) is 0 Å². The van der Waals surface area contributed by atoms with Crippen molar-refractivity contribution < 1.29 is 0 Å². The van der Waals surface area contributed by atoms with Crippen molar-refractivity contribution in [1.29, 1.82) is 0 Å². The number of nitrogens with zero attached hydrogens (tertiary/aromatic N) is 1. The van der Waals surface area contributed by atoms with E-state index in [0.29, 0.717) is 0 Å². The number of rotatable bonds is 1. The quantitative estimate of drug-likeness (QED) is 0.749. The summed E-state index contributed by atoms with van der Waals surface area (Å²) in [6.45, 7) is 5.91. The molecular formula is C13H18N2. The van der Waals surface area contributed by atoms with Crippen molar-refractivity contribution in [2.75, 3.05) is 25.0 Å². The van der Waals surface area contributed by atoms with E-state index < -0.39 is 0 Å². The lowest BCUT2D eigenvalue weighted by Crippen LogP contribution is -2.50. The highest BCUT2D eigenvalue weighted by molar-refractivity contribution is 5.59. The molecule has 2 aliphatic heterocycles. The molecule has 0 aliphatic carbocycles. The van der Waals surface area contributed by atoms with Crippen LogP contribution in [0.15, 0.2) is 18.2 Å². The van der Waals surface area contributed by atoms with Gasteiger partial charge in [-0.1, -0.05) is 18.2 Å². The molecule has 0 saturated carbocycles. The third-order valence-corrected chi connectivity index (χ3v) is 3.74. The molecule has 2 heteroatoms. The second-order valence-corrected chi connectivity index (χ2v) is 4.74. The Morgan fingerprint density at radius 1 is 1.33 bits per heavy atom. The molecule has 1 aromatic rings. The molecular weight excluding hydrogens is 184 g/mol. The van der Waals surface area contributed by atoms with Crippen LogP contribution in [0, 0.1) is 6.92 Å². The molecule has 1 saturated heterocycles. The highest BCUT2D eigenvalue weighted by Crippen LogP contribution is 2.28. The van der Waals surface area contributed by atoms with Gasteiger partial charge in [0.1, 0.15) is 0 Å². The fourth-order valence-corrected chi connectivity index (χ4v) is 2.66. The van der Waals surface area contributed by atoms with Crippen LogP contribution in [0.2, 0.25) is 0 Å². The molecule has 0 radical (unpaired) electrons. The molecule has 15 heavy (non-hydrogen) atoms. The van der Waals surface area contributed by atoms with Gasteiger partial charge in [0, 0.05) is 18.3 Å². The zero-order valence-electron chi connectivity index (χ0n) is 9.29. The first-order valence-corrected chi connectivity index (χ1v) is 5.91. The molecule has 2 aliphatic rings. The summed E-state index contributed by atoms with van der Waals surface area (Å²) in [4.78, 5) is 2.60. The maximum atomic E-state index is 3.59. The molecule has 1 aromatic carbocycles. The van der Waals surface area contributed by atoms with E-state index in [4.69, 9.17) is 0 Å². The summed E-state index contributed by atoms with van der Waals surface area (Å²) in [5.41, 5.74) is 4.27. The number of nitrogens with one attached hydrogen (secondary N) is 1. The Morgan fingerprint density at radius 3 is 2.93 bits per heavy atom. The second-order valence-electron chi connectivity index (χ2n) is 4.74. The molecule has 3 rings (SSSR count). The Labute approximate surface area is 91.3 Å². The zero-order valence-corrected chi connectivity index (χ0v) is 9.29. The standard InChI is InChI=1S/C13H18N2/c1-10-4-2-5-11-8-12(9-14-13(10)11)15-6-3-7-15/h2,4-5,12,14H,3,6-9H2,1H3. The van der Waals surface area contributed by atoms with Gasteiger partial charge >= 0.3 is 0 Å². The molecule has 1 atom stereocenters. The van der Waals surface area contributed by atoms with Gasteiger partial charge in [-0.25, -0.2) is 0 Å². The molecule has 2 nitrogen and oxygen atoms in total. The molecule has 0 spiro atoms. The van der Waals surface area contributed by atoms with Crippen LogP contribution < -0.4 is 5.32 Å². The maximum absolute atomic E-state index is 3.59. The van der Waals surface area contributed by atoms with E-state index in [1.54, 1.807) is 0 Å². The van der Waals surface area contributed by atoms with Gasteiger partial charge in [-0.2, -0.15) is 0 Å². The van der Waals surface area contributed by atoms with E-state index >= 15 is 0 Å². The van der Waals surface area contributed by atoms with Crippen LogP contribution >= 0.6 is 0 Å². The summed E-state index contributed by atoms with van der Waals surface area (Å²) in [5.74, 6) is 0. The van der Waals surface area contributed by atoms with Gasteiger partial charge in [-0.15, -0.1) is 0 Å². The minimum Gasteiger partial charge on any atom is -0.383 e. The smallest absolute Gasteiger partial charge is 0.0403 e. The second kappa shape index (κ2) is 3.53. The third kappa shape index (κ3) is 1.53. The summed E-state index contributed by atoms with van der Waals surface area (Å²) in [5, 5.41) is 3.59. The zero-order chi connectivity index (χ0) is 10.3. The highest BCUT2D eigenvalue weighted by atomic mass is 15.2. The van der Waals surface area contributed by atoms with Crippen molar-refractivity contribution in [2.24, 2.45) is 0 Å². The van der Waals surface area contributed by atoms with Crippen molar-refractivity contribution in [1.82, 2.24) is 4.90 Å². The van der Waals surface area contributed by atoms with Crippen LogP contribution in [0.4, 0.5) is 5.69 Å². The number of aryl methyl sites for hydroxylation is 1. The normalized spacial score (nSPS) is 25.3. The highest BCUT2D eigenvalue weighted by Gasteiger charge is 2.27. The predicted octanol–water partition coefficient (Wildman–Crippen LogP) is 2.04. The summed E-state index contributed by atoms with van der Waals surface area (Å²) >= 11 is 0. The van der Waals surface area contributed by atoms with E-state index in [-0.39, 0.29) is 0 Å². The molecule has 80 valence electrons. The van der Waals surface area contributed by atoms with E-state index in [1.807, 2.05) is 0 Å². The largest absolute Gasteiger partial charge is 0.383 e. The van der Waals surface area contributed by atoms with Crippen LogP contribution in [0.25, 0.3) is 0 Å². The SMILES string of the molecule is Cc1cccc2c1NCC(N1CCC1)C2. The fourth-order valence-electron chi connectivity index (χ4n) is 2.66. The van der Waals surface area contributed by atoms with Gasteiger partial charge in [0.15, 0.2) is 0 Å². The van der Waals surface area contributed by atoms with E-state index in [2.05, 4.69) is 35.3 Å². The summed E-state index contributed by atoms with van der Waals surface area (Å²) in [7, 11) is 0. The minimum absolute atomic E-state index is 0.730. The van der Waals surface area contributed by atoms with Gasteiger partial charge in [-0.05, 0) is 44.0 Å². The number of anilines is 1. The predicted molar refractivity (Wildman–Crippen MR) is 63.4 cm³/mol. The van der Waals surface area contributed by atoms with Crippen LogP contribution in [-0.4, -0.2) is 30.6 Å². The Hall–Kier alpha value is -1.02. The lowest BCUT2D eigenvalue weighted by molar-refractivity contribution is 0.122. The first-order valence-electron chi connectivity index (χ1n) is 5.91.